The molecule has 33 heavy (non-hydrogen) atoms. The first-order valence-electron chi connectivity index (χ1n) is 10.6. The number of halogens is 5. The van der Waals surface area contributed by atoms with Gasteiger partial charge in [0.05, 0.1) is 22.6 Å². The average Bonchev–Trinajstić information content (AvgIpc) is 2.96. The minimum Gasteiger partial charge on any atom is -0.435 e. The largest absolute Gasteiger partial charge is 0.435 e. The number of benzene rings is 1. The minimum atomic E-state index is -4.38. The Morgan fingerprint density at radius 3 is 2.45 bits per heavy atom. The molecule has 3 aromatic rings. The van der Waals surface area contributed by atoms with Crippen LogP contribution in [0.5, 0.6) is 5.75 Å². The summed E-state index contributed by atoms with van der Waals surface area (Å²) in [6.07, 6.45) is 0.0209. The second-order valence-electron chi connectivity index (χ2n) is 8.80. The Morgan fingerprint density at radius 1 is 1.18 bits per heavy atom. The number of hydrogen-bond donors (Lipinski definition) is 2. The van der Waals surface area contributed by atoms with E-state index in [1.807, 2.05) is 4.57 Å². The van der Waals surface area contributed by atoms with Gasteiger partial charge in [0.2, 0.25) is 0 Å². The summed E-state index contributed by atoms with van der Waals surface area (Å²) in [5.74, 6) is 0.0452. The standard InChI is InChI=1S/C23H25F5N4O/c1-22(2,23(26,27)28)31-12-13-6-9-17(30-11-13)20-19(29)16-8-7-15(33-21(24)25)10-18(16)32(20)14-4-3-5-14/h6-11,14,21,31H,3-5,12,29H2,1-2H3. The molecule has 0 saturated heterocycles. The van der Waals surface area contributed by atoms with E-state index >= 15 is 0 Å². The first kappa shape index (κ1) is 23.3. The van der Waals surface area contributed by atoms with E-state index in [4.69, 9.17) is 5.73 Å². The fraction of sp³-hybridized carbons (Fsp3) is 0.435. The maximum Gasteiger partial charge on any atom is 0.406 e. The SMILES string of the molecule is CC(C)(NCc1ccc(-c2c(N)c3ccc(OC(F)F)cc3n2C2CCC2)nc1)C(F)(F)F. The van der Waals surface area contributed by atoms with Crippen LogP contribution in [0.2, 0.25) is 0 Å². The second-order valence-corrected chi connectivity index (χ2v) is 8.80. The molecule has 4 rings (SSSR count). The molecule has 3 N–H and O–H groups in total. The molecular formula is C23H25F5N4O. The van der Waals surface area contributed by atoms with Gasteiger partial charge in [-0.05, 0) is 56.9 Å². The molecule has 0 unspecified atom stereocenters. The highest BCUT2D eigenvalue weighted by molar-refractivity contribution is 6.01. The van der Waals surface area contributed by atoms with Gasteiger partial charge in [-0.25, -0.2) is 0 Å². The van der Waals surface area contributed by atoms with E-state index in [0.29, 0.717) is 33.5 Å². The van der Waals surface area contributed by atoms with Crippen molar-refractivity contribution in [2.45, 2.75) is 64.0 Å². The number of hydrogen-bond acceptors (Lipinski definition) is 4. The van der Waals surface area contributed by atoms with Gasteiger partial charge in [-0.3, -0.25) is 10.3 Å². The van der Waals surface area contributed by atoms with Gasteiger partial charge >= 0.3 is 12.8 Å². The highest BCUT2D eigenvalue weighted by Crippen LogP contribution is 2.44. The number of ether oxygens (including phenoxy) is 1. The Bertz CT molecular complexity index is 1130. The Kier molecular flexibility index (Phi) is 5.98. The quantitative estimate of drug-likeness (QED) is 0.415. The maximum atomic E-state index is 13.1. The maximum absolute atomic E-state index is 13.1. The van der Waals surface area contributed by atoms with Crippen LogP contribution in [0.3, 0.4) is 0 Å². The number of rotatable bonds is 7. The predicted molar refractivity (Wildman–Crippen MR) is 116 cm³/mol. The number of nitrogens with zero attached hydrogens (tertiary/aromatic N) is 2. The molecule has 1 aliphatic rings. The van der Waals surface area contributed by atoms with Crippen molar-refractivity contribution in [3.63, 3.8) is 0 Å². The molecule has 2 heterocycles. The summed E-state index contributed by atoms with van der Waals surface area (Å²) >= 11 is 0. The monoisotopic (exact) mass is 468 g/mol. The third kappa shape index (κ3) is 4.48. The van der Waals surface area contributed by atoms with Crippen LogP contribution in [0.1, 0.15) is 44.7 Å². The first-order valence-corrected chi connectivity index (χ1v) is 10.6. The zero-order valence-corrected chi connectivity index (χ0v) is 18.2. The summed E-state index contributed by atoms with van der Waals surface area (Å²) in [6.45, 7) is -0.775. The van der Waals surface area contributed by atoms with E-state index < -0.39 is 18.3 Å². The second kappa shape index (κ2) is 8.48. The van der Waals surface area contributed by atoms with Gasteiger partial charge in [-0.1, -0.05) is 6.07 Å². The van der Waals surface area contributed by atoms with Crippen LogP contribution in [0.4, 0.5) is 27.6 Å². The van der Waals surface area contributed by atoms with Crippen LogP contribution in [0, 0.1) is 0 Å². The van der Waals surface area contributed by atoms with Crippen molar-refractivity contribution in [1.29, 1.82) is 0 Å². The zero-order valence-electron chi connectivity index (χ0n) is 18.2. The number of pyridine rings is 1. The van der Waals surface area contributed by atoms with Crippen molar-refractivity contribution in [2.75, 3.05) is 5.73 Å². The van der Waals surface area contributed by atoms with Crippen LogP contribution in [0.25, 0.3) is 22.3 Å². The summed E-state index contributed by atoms with van der Waals surface area (Å²) in [4.78, 5) is 4.47. The predicted octanol–water partition coefficient (Wildman–Crippen LogP) is 6.04. The number of aromatic nitrogens is 2. The number of fused-ring (bicyclic) bond motifs is 1. The molecule has 0 bridgehead atoms. The molecule has 178 valence electrons. The molecule has 1 saturated carbocycles. The van der Waals surface area contributed by atoms with E-state index in [1.165, 1.54) is 12.3 Å². The lowest BCUT2D eigenvalue weighted by atomic mass is 9.92. The van der Waals surface area contributed by atoms with E-state index in [1.54, 1.807) is 24.3 Å². The van der Waals surface area contributed by atoms with Crippen molar-refractivity contribution >= 4 is 16.6 Å². The van der Waals surface area contributed by atoms with Crippen molar-refractivity contribution in [2.24, 2.45) is 0 Å². The molecule has 0 radical (unpaired) electrons. The fourth-order valence-electron chi connectivity index (χ4n) is 3.87. The normalized spacial score (nSPS) is 15.3. The number of anilines is 1. The van der Waals surface area contributed by atoms with Crippen molar-refractivity contribution in [1.82, 2.24) is 14.9 Å². The molecule has 0 atom stereocenters. The van der Waals surface area contributed by atoms with Gasteiger partial charge in [-0.15, -0.1) is 0 Å². The topological polar surface area (TPSA) is 65.1 Å². The molecule has 10 heteroatoms. The lowest BCUT2D eigenvalue weighted by molar-refractivity contribution is -0.186. The zero-order chi connectivity index (χ0) is 24.0. The molecule has 0 amide bonds. The van der Waals surface area contributed by atoms with E-state index in [-0.39, 0.29) is 18.3 Å². The average molecular weight is 468 g/mol. The summed E-state index contributed by atoms with van der Waals surface area (Å²) < 4.78 is 71.2. The first-order chi connectivity index (χ1) is 15.5. The molecule has 2 aromatic heterocycles. The minimum absolute atomic E-state index is 0.00475. The van der Waals surface area contributed by atoms with Gasteiger partial charge in [0.1, 0.15) is 11.3 Å². The Labute approximate surface area is 187 Å². The number of nitrogens with one attached hydrogen (secondary N) is 1. The molecule has 1 aliphatic carbocycles. The summed E-state index contributed by atoms with van der Waals surface area (Å²) in [6, 6.07) is 8.22. The van der Waals surface area contributed by atoms with Crippen molar-refractivity contribution in [3.8, 4) is 17.1 Å². The van der Waals surface area contributed by atoms with Crippen LogP contribution in [0.15, 0.2) is 36.5 Å². The van der Waals surface area contributed by atoms with Gasteiger partial charge in [0.15, 0.2) is 0 Å². The van der Waals surface area contributed by atoms with Gasteiger partial charge in [0.25, 0.3) is 0 Å². The third-order valence-corrected chi connectivity index (χ3v) is 6.19. The molecule has 0 aliphatic heterocycles. The van der Waals surface area contributed by atoms with Crippen LogP contribution in [-0.4, -0.2) is 27.9 Å². The van der Waals surface area contributed by atoms with Crippen LogP contribution < -0.4 is 15.8 Å². The Balaban J connectivity index is 1.68. The number of nitrogens with two attached hydrogens (primary N) is 1. The van der Waals surface area contributed by atoms with Gasteiger partial charge < -0.3 is 15.0 Å². The smallest absolute Gasteiger partial charge is 0.406 e. The third-order valence-electron chi connectivity index (χ3n) is 6.19. The summed E-state index contributed by atoms with van der Waals surface area (Å²) in [5.41, 5.74) is 7.39. The number of nitrogen functional groups attached to an aromatic ring is 1. The summed E-state index contributed by atoms with van der Waals surface area (Å²) in [5, 5.41) is 3.21. The van der Waals surface area contributed by atoms with E-state index in [9.17, 15) is 22.0 Å². The molecule has 5 nitrogen and oxygen atoms in total. The van der Waals surface area contributed by atoms with Crippen molar-refractivity contribution in [3.05, 3.63) is 42.1 Å². The molecule has 1 fully saturated rings. The highest BCUT2D eigenvalue weighted by Gasteiger charge is 2.46. The van der Waals surface area contributed by atoms with Gasteiger partial charge in [0, 0.05) is 30.2 Å². The fourth-order valence-corrected chi connectivity index (χ4v) is 3.87. The molecule has 1 aromatic carbocycles. The lowest BCUT2D eigenvalue weighted by Gasteiger charge is -2.30. The molecular weight excluding hydrogens is 443 g/mol. The van der Waals surface area contributed by atoms with E-state index in [0.717, 1.165) is 33.1 Å². The summed E-state index contributed by atoms with van der Waals surface area (Å²) in [7, 11) is 0. The van der Waals surface area contributed by atoms with Crippen LogP contribution >= 0.6 is 0 Å². The van der Waals surface area contributed by atoms with Crippen molar-refractivity contribution < 1.29 is 26.7 Å². The van der Waals surface area contributed by atoms with Gasteiger partial charge in [-0.2, -0.15) is 22.0 Å². The molecule has 0 spiro atoms. The number of alkyl halides is 5. The lowest BCUT2D eigenvalue weighted by Crippen LogP contribution is -2.51. The highest BCUT2D eigenvalue weighted by atomic mass is 19.4. The Hall–Kier alpha value is -2.88. The van der Waals surface area contributed by atoms with Crippen LogP contribution in [-0.2, 0) is 6.54 Å². The van der Waals surface area contributed by atoms with E-state index in [2.05, 4.69) is 15.0 Å². The Morgan fingerprint density at radius 2 is 1.91 bits per heavy atom.